The highest BCUT2D eigenvalue weighted by Crippen LogP contribution is 2.35. The minimum Gasteiger partial charge on any atom is -0.268 e. The number of allylic oxidation sites excluding steroid dienone is 2. The molecule has 5 rings (SSSR count). The third-order valence-electron chi connectivity index (χ3n) is 5.83. The maximum Gasteiger partial charge on any atom is 0.267 e. The van der Waals surface area contributed by atoms with Gasteiger partial charge in [-0.3, -0.25) is 4.79 Å². The lowest BCUT2D eigenvalue weighted by molar-refractivity contribution is 0.397. The van der Waals surface area contributed by atoms with Crippen LogP contribution in [-0.4, -0.2) is 19.4 Å². The highest BCUT2D eigenvalue weighted by atomic mass is 16.1. The summed E-state index contributed by atoms with van der Waals surface area (Å²) in [7, 11) is 0. The zero-order valence-corrected chi connectivity index (χ0v) is 17.0. The Morgan fingerprint density at radius 1 is 1.00 bits per heavy atom. The van der Waals surface area contributed by atoms with Crippen molar-refractivity contribution < 1.29 is 0 Å². The molecule has 0 spiro atoms. The van der Waals surface area contributed by atoms with Gasteiger partial charge >= 0.3 is 0 Å². The van der Waals surface area contributed by atoms with E-state index >= 15 is 0 Å². The maximum atomic E-state index is 12.8. The van der Waals surface area contributed by atoms with E-state index in [2.05, 4.69) is 6.07 Å². The van der Waals surface area contributed by atoms with Crippen molar-refractivity contribution in [2.45, 2.75) is 31.7 Å². The number of nitriles is 1. The molecular weight excluding hydrogens is 386 g/mol. The average Bonchev–Trinajstić information content (AvgIpc) is 3.20. The number of benzene rings is 1. The molecule has 1 aliphatic rings. The van der Waals surface area contributed by atoms with Crippen LogP contribution in [0.2, 0.25) is 0 Å². The van der Waals surface area contributed by atoms with Gasteiger partial charge in [-0.05, 0) is 43.0 Å². The smallest absolute Gasteiger partial charge is 0.267 e. The Morgan fingerprint density at radius 2 is 1.84 bits per heavy atom. The maximum absolute atomic E-state index is 12.8. The topological polar surface area (TPSA) is 76.0 Å². The van der Waals surface area contributed by atoms with E-state index in [1.54, 1.807) is 22.9 Å². The fourth-order valence-electron chi connectivity index (χ4n) is 4.38. The molecule has 6 nitrogen and oxygen atoms in total. The monoisotopic (exact) mass is 407 g/mol. The molecule has 0 radical (unpaired) electrons. The number of nitrogens with zero attached hydrogens (tertiary/aromatic N) is 5. The van der Waals surface area contributed by atoms with Crippen LogP contribution in [-0.2, 0) is 0 Å². The van der Waals surface area contributed by atoms with Gasteiger partial charge in [0.05, 0.1) is 28.9 Å². The van der Waals surface area contributed by atoms with Crippen molar-refractivity contribution in [3.63, 3.8) is 0 Å². The summed E-state index contributed by atoms with van der Waals surface area (Å²) >= 11 is 0. The van der Waals surface area contributed by atoms with Gasteiger partial charge in [0.25, 0.3) is 5.56 Å². The Bertz CT molecular complexity index is 1370. The van der Waals surface area contributed by atoms with Crippen molar-refractivity contribution >= 4 is 5.52 Å². The van der Waals surface area contributed by atoms with Gasteiger partial charge in [-0.2, -0.15) is 15.5 Å². The van der Waals surface area contributed by atoms with Crippen molar-refractivity contribution in [2.75, 3.05) is 0 Å². The van der Waals surface area contributed by atoms with Crippen LogP contribution in [0.5, 0.6) is 0 Å². The van der Waals surface area contributed by atoms with Crippen LogP contribution in [0.15, 0.2) is 83.3 Å². The van der Waals surface area contributed by atoms with Crippen molar-refractivity contribution in [2.24, 2.45) is 0 Å². The molecule has 6 heteroatoms. The minimum absolute atomic E-state index is 0.155. The van der Waals surface area contributed by atoms with Gasteiger partial charge in [0.15, 0.2) is 0 Å². The molecule has 1 aromatic carbocycles. The molecule has 1 fully saturated rings. The summed E-state index contributed by atoms with van der Waals surface area (Å²) in [4.78, 5) is 12.8. The Labute approximate surface area is 179 Å². The van der Waals surface area contributed by atoms with Crippen LogP contribution in [0.1, 0.15) is 31.7 Å². The van der Waals surface area contributed by atoms with Crippen molar-refractivity contribution in [1.29, 1.82) is 5.26 Å². The molecule has 3 heterocycles. The second-order valence-electron chi connectivity index (χ2n) is 7.73. The molecule has 1 saturated carbocycles. The molecule has 0 amide bonds. The van der Waals surface area contributed by atoms with Gasteiger partial charge in [0.1, 0.15) is 5.69 Å². The van der Waals surface area contributed by atoms with Gasteiger partial charge in [-0.25, -0.2) is 9.20 Å². The Hall–Kier alpha value is -3.98. The first kappa shape index (κ1) is 19.0. The van der Waals surface area contributed by atoms with Crippen LogP contribution < -0.4 is 5.56 Å². The molecule has 0 N–H and O–H groups in total. The number of rotatable bonds is 3. The number of hydrogen-bond donors (Lipinski definition) is 0. The van der Waals surface area contributed by atoms with E-state index in [9.17, 15) is 10.1 Å². The molecule has 1 aliphatic carbocycles. The van der Waals surface area contributed by atoms with Crippen LogP contribution in [0, 0.1) is 11.3 Å². The quantitative estimate of drug-likeness (QED) is 0.458. The largest absolute Gasteiger partial charge is 0.268 e. The van der Waals surface area contributed by atoms with E-state index < -0.39 is 0 Å². The van der Waals surface area contributed by atoms with Gasteiger partial charge in [-0.1, -0.05) is 42.8 Å². The van der Waals surface area contributed by atoms with E-state index in [0.29, 0.717) is 5.69 Å². The standard InChI is InChI=1S/C25H21N5O/c26-16-15-18-8-4-5-11-21(18)30-23(31)14-13-20(27-30)24-22-12-6-7-17-29(22)28-25(24)19-9-2-1-3-10-19/h1-3,6-7,9-10,12-15,17,21H,4-5,8,11H2/b18-15-. The molecule has 0 bridgehead atoms. The predicted molar refractivity (Wildman–Crippen MR) is 119 cm³/mol. The third kappa shape index (κ3) is 3.44. The molecule has 0 saturated heterocycles. The number of aromatic nitrogens is 4. The lowest BCUT2D eigenvalue weighted by atomic mass is 9.90. The zero-order valence-electron chi connectivity index (χ0n) is 17.0. The summed E-state index contributed by atoms with van der Waals surface area (Å²) in [6.07, 6.45) is 7.17. The van der Waals surface area contributed by atoms with Crippen LogP contribution >= 0.6 is 0 Å². The molecule has 0 aliphatic heterocycles. The molecule has 1 unspecified atom stereocenters. The van der Waals surface area contributed by atoms with Gasteiger partial charge in [0, 0.05) is 23.9 Å². The van der Waals surface area contributed by atoms with Gasteiger partial charge < -0.3 is 0 Å². The summed E-state index contributed by atoms with van der Waals surface area (Å²) in [6.45, 7) is 0. The summed E-state index contributed by atoms with van der Waals surface area (Å²) in [5.41, 5.74) is 5.14. The van der Waals surface area contributed by atoms with Crippen LogP contribution in [0.4, 0.5) is 0 Å². The molecule has 1 atom stereocenters. The summed E-state index contributed by atoms with van der Waals surface area (Å²) in [6, 6.07) is 21.2. The molecule has 152 valence electrons. The first-order valence-corrected chi connectivity index (χ1v) is 10.5. The van der Waals surface area contributed by atoms with E-state index in [-0.39, 0.29) is 11.6 Å². The summed E-state index contributed by atoms with van der Waals surface area (Å²) in [5.74, 6) is 0. The van der Waals surface area contributed by atoms with Crippen LogP contribution in [0.25, 0.3) is 28.0 Å². The Morgan fingerprint density at radius 3 is 2.68 bits per heavy atom. The van der Waals surface area contributed by atoms with E-state index in [4.69, 9.17) is 10.2 Å². The van der Waals surface area contributed by atoms with E-state index in [1.807, 2.05) is 59.2 Å². The Kier molecular flexibility index (Phi) is 4.93. The fraction of sp³-hybridized carbons (Fsp3) is 0.200. The third-order valence-corrected chi connectivity index (χ3v) is 5.83. The first-order chi connectivity index (χ1) is 15.3. The number of fused-ring (bicyclic) bond motifs is 1. The fourth-order valence-corrected chi connectivity index (χ4v) is 4.38. The molecule has 4 aromatic rings. The predicted octanol–water partition coefficient (Wildman–Crippen LogP) is 4.79. The second kappa shape index (κ2) is 8.04. The van der Waals surface area contributed by atoms with Crippen molar-refractivity contribution in [1.82, 2.24) is 19.4 Å². The molecule has 3 aromatic heterocycles. The lowest BCUT2D eigenvalue weighted by Crippen LogP contribution is -2.29. The summed E-state index contributed by atoms with van der Waals surface area (Å²) < 4.78 is 3.40. The molecule has 31 heavy (non-hydrogen) atoms. The first-order valence-electron chi connectivity index (χ1n) is 10.5. The minimum atomic E-state index is -0.178. The number of pyridine rings is 1. The second-order valence-corrected chi connectivity index (χ2v) is 7.73. The highest BCUT2D eigenvalue weighted by molar-refractivity contribution is 5.90. The van der Waals surface area contributed by atoms with Crippen molar-refractivity contribution in [3.8, 4) is 28.6 Å². The normalized spacial score (nSPS) is 17.6. The van der Waals surface area contributed by atoms with E-state index in [0.717, 1.165) is 53.6 Å². The van der Waals surface area contributed by atoms with Crippen molar-refractivity contribution in [3.05, 3.63) is 88.9 Å². The Balaban J connectivity index is 1.72. The average molecular weight is 407 g/mol. The molecular formula is C25H21N5O. The van der Waals surface area contributed by atoms with Gasteiger partial charge in [0.2, 0.25) is 0 Å². The number of hydrogen-bond acceptors (Lipinski definition) is 4. The van der Waals surface area contributed by atoms with Crippen LogP contribution in [0.3, 0.4) is 0 Å². The summed E-state index contributed by atoms with van der Waals surface area (Å²) in [5, 5.41) is 18.8. The zero-order chi connectivity index (χ0) is 21.2. The lowest BCUT2D eigenvalue weighted by Gasteiger charge is -2.26. The SMILES string of the molecule is N#C/C=C1/CCCCC1n1nc(-c2c(-c3ccccc3)nn3ccccc23)ccc1=O. The van der Waals surface area contributed by atoms with E-state index in [1.165, 1.54) is 0 Å². The van der Waals surface area contributed by atoms with Gasteiger partial charge in [-0.15, -0.1) is 0 Å². The highest BCUT2D eigenvalue weighted by Gasteiger charge is 2.24.